The first-order valence-corrected chi connectivity index (χ1v) is 5.68. The molecule has 0 spiro atoms. The first-order valence-electron chi connectivity index (χ1n) is 5.68. The number of ether oxygens (including phenoxy) is 1. The van der Waals surface area contributed by atoms with Gasteiger partial charge >= 0.3 is 0 Å². The summed E-state index contributed by atoms with van der Waals surface area (Å²) in [5, 5.41) is 13.6. The maximum absolute atomic E-state index is 10.8. The zero-order valence-electron chi connectivity index (χ0n) is 10.6. The molecule has 1 aromatic carbocycles. The highest BCUT2D eigenvalue weighted by Crippen LogP contribution is 2.27. The summed E-state index contributed by atoms with van der Waals surface area (Å²) in [6, 6.07) is 10.1. The number of benzene rings is 1. The van der Waals surface area contributed by atoms with Gasteiger partial charge in [0.1, 0.15) is 11.6 Å². The number of nitrogens with zero attached hydrogens (tertiary/aromatic N) is 2. The average Bonchev–Trinajstić information content (AvgIpc) is 2.41. The summed E-state index contributed by atoms with van der Waals surface area (Å²) < 4.78 is 5.59. The fraction of sp³-hybridized carbons (Fsp3) is 0.154. The molecule has 0 bridgehead atoms. The van der Waals surface area contributed by atoms with E-state index in [2.05, 4.69) is 10.3 Å². The Hall–Kier alpha value is -2.63. The number of anilines is 1. The van der Waals surface area contributed by atoms with Gasteiger partial charge in [-0.15, -0.1) is 0 Å². The Morgan fingerprint density at radius 3 is 2.68 bits per heavy atom. The SMILES string of the molecule is CNc1cc([N+](=O)[O-])cc(Oc2ccccc2C)n1. The molecule has 0 aliphatic rings. The van der Waals surface area contributed by atoms with Crippen LogP contribution in [0.3, 0.4) is 0 Å². The summed E-state index contributed by atoms with van der Waals surface area (Å²) in [4.78, 5) is 14.5. The molecule has 0 saturated carbocycles. The quantitative estimate of drug-likeness (QED) is 0.674. The summed E-state index contributed by atoms with van der Waals surface area (Å²) in [5.41, 5.74) is 0.866. The van der Waals surface area contributed by atoms with Crippen LogP contribution in [0.4, 0.5) is 11.5 Å². The number of rotatable bonds is 4. The maximum atomic E-state index is 10.8. The molecule has 0 aliphatic heterocycles. The molecule has 0 amide bonds. The molecule has 1 N–H and O–H groups in total. The number of hydrogen-bond acceptors (Lipinski definition) is 5. The largest absolute Gasteiger partial charge is 0.438 e. The zero-order valence-corrected chi connectivity index (χ0v) is 10.6. The third-order valence-electron chi connectivity index (χ3n) is 2.56. The minimum absolute atomic E-state index is 0.0667. The molecule has 2 aromatic rings. The van der Waals surface area contributed by atoms with Gasteiger partial charge in [0.25, 0.3) is 5.69 Å². The number of pyridine rings is 1. The molecule has 6 nitrogen and oxygen atoms in total. The normalized spacial score (nSPS) is 10.0. The van der Waals surface area contributed by atoms with Crippen LogP contribution >= 0.6 is 0 Å². The lowest BCUT2D eigenvalue weighted by Crippen LogP contribution is -1.98. The molecule has 98 valence electrons. The summed E-state index contributed by atoms with van der Waals surface area (Å²) in [6.45, 7) is 1.89. The summed E-state index contributed by atoms with van der Waals surface area (Å²) in [5.74, 6) is 1.20. The second-order valence-electron chi connectivity index (χ2n) is 3.92. The predicted molar refractivity (Wildman–Crippen MR) is 71.7 cm³/mol. The zero-order chi connectivity index (χ0) is 13.8. The van der Waals surface area contributed by atoms with Gasteiger partial charge < -0.3 is 10.1 Å². The molecular formula is C13H13N3O3. The van der Waals surface area contributed by atoms with Crippen LogP contribution in [0, 0.1) is 17.0 Å². The summed E-state index contributed by atoms with van der Waals surface area (Å²) in [7, 11) is 1.64. The molecule has 0 radical (unpaired) electrons. The van der Waals surface area contributed by atoms with Crippen molar-refractivity contribution < 1.29 is 9.66 Å². The van der Waals surface area contributed by atoms with Gasteiger partial charge in [0.05, 0.1) is 17.1 Å². The highest BCUT2D eigenvalue weighted by Gasteiger charge is 2.12. The molecule has 0 aliphatic carbocycles. The number of nitro groups is 1. The monoisotopic (exact) mass is 259 g/mol. The van der Waals surface area contributed by atoms with E-state index in [1.54, 1.807) is 13.1 Å². The Labute approximate surface area is 110 Å². The van der Waals surface area contributed by atoms with Crippen molar-refractivity contribution in [1.82, 2.24) is 4.98 Å². The van der Waals surface area contributed by atoms with Gasteiger partial charge in [-0.25, -0.2) is 0 Å². The van der Waals surface area contributed by atoms with E-state index >= 15 is 0 Å². The first kappa shape index (κ1) is 12.8. The topological polar surface area (TPSA) is 77.3 Å². The van der Waals surface area contributed by atoms with E-state index in [1.165, 1.54) is 12.1 Å². The third kappa shape index (κ3) is 2.98. The molecule has 6 heteroatoms. The lowest BCUT2D eigenvalue weighted by atomic mass is 10.2. The van der Waals surface area contributed by atoms with Crippen molar-refractivity contribution in [2.75, 3.05) is 12.4 Å². The molecule has 0 fully saturated rings. The number of nitrogens with one attached hydrogen (secondary N) is 1. The van der Waals surface area contributed by atoms with Crippen LogP contribution in [0.15, 0.2) is 36.4 Å². The summed E-state index contributed by atoms with van der Waals surface area (Å²) in [6.07, 6.45) is 0. The van der Waals surface area contributed by atoms with Gasteiger partial charge in [0, 0.05) is 7.05 Å². The van der Waals surface area contributed by atoms with E-state index in [0.29, 0.717) is 11.6 Å². The lowest BCUT2D eigenvalue weighted by molar-refractivity contribution is -0.384. The minimum atomic E-state index is -0.479. The summed E-state index contributed by atoms with van der Waals surface area (Å²) >= 11 is 0. The standard InChI is InChI=1S/C13H13N3O3/c1-9-5-3-4-6-11(9)19-13-8-10(16(17)18)7-12(14-2)15-13/h3-8H,1-2H3,(H,14,15). The number of hydrogen-bond donors (Lipinski definition) is 1. The van der Waals surface area contributed by atoms with Crippen LogP contribution in [0.1, 0.15) is 5.56 Å². The van der Waals surface area contributed by atoms with E-state index in [4.69, 9.17) is 4.74 Å². The van der Waals surface area contributed by atoms with Crippen molar-refractivity contribution in [2.45, 2.75) is 6.92 Å². The average molecular weight is 259 g/mol. The highest BCUT2D eigenvalue weighted by molar-refractivity contribution is 5.49. The molecule has 19 heavy (non-hydrogen) atoms. The number of aryl methyl sites for hydroxylation is 1. The van der Waals surface area contributed by atoms with Crippen LogP contribution in [-0.2, 0) is 0 Å². The van der Waals surface area contributed by atoms with Crippen molar-refractivity contribution in [1.29, 1.82) is 0 Å². The van der Waals surface area contributed by atoms with Gasteiger partial charge in [0.2, 0.25) is 5.88 Å². The van der Waals surface area contributed by atoms with Crippen molar-refractivity contribution >= 4 is 11.5 Å². The van der Waals surface area contributed by atoms with Gasteiger partial charge in [-0.2, -0.15) is 4.98 Å². The smallest absolute Gasteiger partial charge is 0.278 e. The number of aromatic nitrogens is 1. The highest BCUT2D eigenvalue weighted by atomic mass is 16.6. The van der Waals surface area contributed by atoms with Gasteiger partial charge in [-0.3, -0.25) is 10.1 Å². The fourth-order valence-corrected chi connectivity index (χ4v) is 1.56. The Morgan fingerprint density at radius 2 is 2.05 bits per heavy atom. The van der Waals surface area contributed by atoms with Crippen LogP contribution in [-0.4, -0.2) is 17.0 Å². The predicted octanol–water partition coefficient (Wildman–Crippen LogP) is 3.13. The Bertz CT molecular complexity index is 614. The lowest BCUT2D eigenvalue weighted by Gasteiger charge is -2.08. The molecular weight excluding hydrogens is 246 g/mol. The van der Waals surface area contributed by atoms with E-state index in [9.17, 15) is 10.1 Å². The molecule has 0 saturated heterocycles. The van der Waals surface area contributed by atoms with Crippen LogP contribution < -0.4 is 10.1 Å². The van der Waals surface area contributed by atoms with E-state index in [1.807, 2.05) is 25.1 Å². The molecule has 0 atom stereocenters. The minimum Gasteiger partial charge on any atom is -0.438 e. The Kier molecular flexibility index (Phi) is 3.61. The van der Waals surface area contributed by atoms with Crippen molar-refractivity contribution in [3.05, 3.63) is 52.1 Å². The van der Waals surface area contributed by atoms with Crippen molar-refractivity contribution in [2.24, 2.45) is 0 Å². The molecule has 0 unspecified atom stereocenters. The van der Waals surface area contributed by atoms with Crippen LogP contribution in [0.5, 0.6) is 11.6 Å². The maximum Gasteiger partial charge on any atom is 0.278 e. The van der Waals surface area contributed by atoms with Gasteiger partial charge in [0.15, 0.2) is 0 Å². The van der Waals surface area contributed by atoms with Crippen LogP contribution in [0.2, 0.25) is 0 Å². The van der Waals surface area contributed by atoms with Gasteiger partial charge in [-0.1, -0.05) is 18.2 Å². The van der Waals surface area contributed by atoms with E-state index in [-0.39, 0.29) is 11.6 Å². The third-order valence-corrected chi connectivity index (χ3v) is 2.56. The first-order chi connectivity index (χ1) is 9.10. The molecule has 1 aromatic heterocycles. The number of para-hydroxylation sites is 1. The van der Waals surface area contributed by atoms with Gasteiger partial charge in [-0.05, 0) is 18.6 Å². The van der Waals surface area contributed by atoms with E-state index in [0.717, 1.165) is 5.56 Å². The second kappa shape index (κ2) is 5.34. The molecule has 1 heterocycles. The Balaban J connectivity index is 2.37. The van der Waals surface area contributed by atoms with Crippen molar-refractivity contribution in [3.63, 3.8) is 0 Å². The second-order valence-corrected chi connectivity index (χ2v) is 3.92. The molecule has 2 rings (SSSR count). The van der Waals surface area contributed by atoms with Crippen LogP contribution in [0.25, 0.3) is 0 Å². The van der Waals surface area contributed by atoms with E-state index < -0.39 is 4.92 Å². The van der Waals surface area contributed by atoms with Crippen molar-refractivity contribution in [3.8, 4) is 11.6 Å². The fourth-order valence-electron chi connectivity index (χ4n) is 1.56. The Morgan fingerprint density at radius 1 is 1.32 bits per heavy atom.